The number of aliphatic imine (C=N–C) groups is 1. The van der Waals surface area contributed by atoms with Crippen molar-refractivity contribution in [3.05, 3.63) is 12.2 Å². The van der Waals surface area contributed by atoms with Crippen molar-refractivity contribution in [2.75, 3.05) is 7.05 Å². The summed E-state index contributed by atoms with van der Waals surface area (Å²) in [6.07, 6.45) is 2.81. The Bertz CT molecular complexity index is 253. The molecule has 0 bridgehead atoms. The second-order valence-electron chi connectivity index (χ2n) is 1.64. The summed E-state index contributed by atoms with van der Waals surface area (Å²) in [6, 6.07) is 0. The average molecular weight is 151 g/mol. The summed E-state index contributed by atoms with van der Waals surface area (Å²) in [5, 5.41) is 8.44. The van der Waals surface area contributed by atoms with E-state index < -0.39 is 5.97 Å². The highest BCUT2D eigenvalue weighted by atomic mass is 16.4. The zero-order valence-corrected chi connectivity index (χ0v) is 6.46. The number of hydrogen-bond donors (Lipinski definition) is 1. The summed E-state index contributed by atoms with van der Waals surface area (Å²) in [4.78, 5) is 13.8. The van der Waals surface area contributed by atoms with Gasteiger partial charge in [0.05, 0.1) is 0 Å². The quantitative estimate of drug-likeness (QED) is 0.467. The Kier molecular flexibility index (Phi) is 4.50. The molecule has 0 radical (unpaired) electrons. The third kappa shape index (κ3) is 3.93. The largest absolute Gasteiger partial charge is 0.477 e. The van der Waals surface area contributed by atoms with Gasteiger partial charge in [-0.3, -0.25) is 4.99 Å². The molecule has 58 valence electrons. The first kappa shape index (κ1) is 9.44. The van der Waals surface area contributed by atoms with Crippen molar-refractivity contribution in [1.29, 1.82) is 0 Å². The molecule has 0 saturated carbocycles. The van der Waals surface area contributed by atoms with Gasteiger partial charge in [-0.05, 0) is 19.1 Å². The lowest BCUT2D eigenvalue weighted by Crippen LogP contribution is -2.09. The van der Waals surface area contributed by atoms with Crippen LogP contribution in [0, 0.1) is 11.8 Å². The minimum atomic E-state index is -1.04. The third-order valence-corrected chi connectivity index (χ3v) is 0.929. The van der Waals surface area contributed by atoms with Gasteiger partial charge in [-0.15, -0.1) is 5.92 Å². The highest BCUT2D eigenvalue weighted by Crippen LogP contribution is 1.80. The second kappa shape index (κ2) is 5.24. The van der Waals surface area contributed by atoms with Gasteiger partial charge < -0.3 is 5.11 Å². The molecule has 0 saturated heterocycles. The van der Waals surface area contributed by atoms with Crippen LogP contribution in [0.4, 0.5) is 0 Å². The van der Waals surface area contributed by atoms with Crippen LogP contribution in [0.25, 0.3) is 0 Å². The molecule has 3 heteroatoms. The van der Waals surface area contributed by atoms with E-state index >= 15 is 0 Å². The van der Waals surface area contributed by atoms with Crippen molar-refractivity contribution in [3.63, 3.8) is 0 Å². The molecule has 0 aromatic heterocycles. The van der Waals surface area contributed by atoms with Gasteiger partial charge in [0, 0.05) is 7.05 Å². The normalized spacial score (nSPS) is 10.9. The van der Waals surface area contributed by atoms with E-state index in [0.717, 1.165) is 0 Å². The summed E-state index contributed by atoms with van der Waals surface area (Å²) < 4.78 is 0. The van der Waals surface area contributed by atoms with Crippen LogP contribution in [-0.4, -0.2) is 23.8 Å². The zero-order chi connectivity index (χ0) is 8.69. The van der Waals surface area contributed by atoms with Gasteiger partial charge in [0.25, 0.3) is 0 Å². The number of rotatable bonds is 2. The Labute approximate surface area is 65.5 Å². The maximum Gasteiger partial charge on any atom is 0.354 e. The van der Waals surface area contributed by atoms with Crippen LogP contribution in [0.1, 0.15) is 6.92 Å². The number of aliphatic carboxylic acids is 1. The fraction of sp³-hybridized carbons (Fsp3) is 0.250. The average Bonchev–Trinajstić information content (AvgIpc) is 1.97. The molecule has 0 spiro atoms. The van der Waals surface area contributed by atoms with Gasteiger partial charge in [0.2, 0.25) is 0 Å². The van der Waals surface area contributed by atoms with Gasteiger partial charge in [-0.1, -0.05) is 5.92 Å². The van der Waals surface area contributed by atoms with E-state index in [2.05, 4.69) is 16.8 Å². The standard InChI is InChI=1S/C8H9NO2/c1-3-4-5-6-7(9-2)8(10)11/h5-6H,1-2H3,(H,10,11)/b6-5-,9-7+. The summed E-state index contributed by atoms with van der Waals surface area (Å²) >= 11 is 0. The molecular formula is C8H9NO2. The van der Waals surface area contributed by atoms with E-state index in [4.69, 9.17) is 5.11 Å². The molecule has 0 aromatic rings. The van der Waals surface area contributed by atoms with Crippen molar-refractivity contribution in [1.82, 2.24) is 0 Å². The first-order valence-electron chi connectivity index (χ1n) is 3.01. The lowest BCUT2D eigenvalue weighted by Gasteiger charge is -1.87. The molecule has 0 aliphatic rings. The molecule has 1 N–H and O–H groups in total. The molecule has 0 aliphatic heterocycles. The van der Waals surface area contributed by atoms with Crippen LogP contribution >= 0.6 is 0 Å². The van der Waals surface area contributed by atoms with E-state index in [0.29, 0.717) is 0 Å². The van der Waals surface area contributed by atoms with E-state index in [-0.39, 0.29) is 5.71 Å². The predicted molar refractivity (Wildman–Crippen MR) is 43.6 cm³/mol. The number of carboxylic acid groups (broad SMARTS) is 1. The molecule has 0 heterocycles. The third-order valence-electron chi connectivity index (χ3n) is 0.929. The molecule has 0 fully saturated rings. The molecule has 0 rings (SSSR count). The topological polar surface area (TPSA) is 49.7 Å². The van der Waals surface area contributed by atoms with E-state index in [9.17, 15) is 4.79 Å². The smallest absolute Gasteiger partial charge is 0.354 e. The second-order valence-corrected chi connectivity index (χ2v) is 1.64. The van der Waals surface area contributed by atoms with Crippen molar-refractivity contribution >= 4 is 11.7 Å². The van der Waals surface area contributed by atoms with E-state index in [1.807, 2.05) is 0 Å². The van der Waals surface area contributed by atoms with E-state index in [1.54, 1.807) is 6.92 Å². The van der Waals surface area contributed by atoms with Crippen LogP contribution in [0.5, 0.6) is 0 Å². The summed E-state index contributed by atoms with van der Waals surface area (Å²) in [5.41, 5.74) is 0.00718. The summed E-state index contributed by atoms with van der Waals surface area (Å²) in [7, 11) is 1.42. The zero-order valence-electron chi connectivity index (χ0n) is 6.46. The van der Waals surface area contributed by atoms with Crippen LogP contribution in [0.2, 0.25) is 0 Å². The highest BCUT2D eigenvalue weighted by molar-refractivity contribution is 6.40. The summed E-state index contributed by atoms with van der Waals surface area (Å²) in [6.45, 7) is 1.67. The monoisotopic (exact) mass is 151 g/mol. The maximum absolute atomic E-state index is 10.3. The SMILES string of the molecule is CC#C/C=C\C(=N/C)C(=O)O. The number of carboxylic acids is 1. The Morgan fingerprint density at radius 1 is 1.64 bits per heavy atom. The van der Waals surface area contributed by atoms with Gasteiger partial charge in [-0.25, -0.2) is 4.79 Å². The van der Waals surface area contributed by atoms with Crippen LogP contribution in [-0.2, 0) is 4.79 Å². The van der Waals surface area contributed by atoms with Gasteiger partial charge in [0.1, 0.15) is 5.71 Å². The molecule has 0 aromatic carbocycles. The van der Waals surface area contributed by atoms with Crippen LogP contribution in [0.15, 0.2) is 17.1 Å². The lowest BCUT2D eigenvalue weighted by molar-refractivity contribution is -0.129. The molecule has 0 aliphatic carbocycles. The Balaban J connectivity index is 4.30. The predicted octanol–water partition coefficient (Wildman–Crippen LogP) is 0.721. The molecule has 0 unspecified atom stereocenters. The summed E-state index contributed by atoms with van der Waals surface area (Å²) in [5.74, 6) is 4.15. The van der Waals surface area contributed by atoms with Crippen molar-refractivity contribution in [2.45, 2.75) is 6.92 Å². The first-order valence-corrected chi connectivity index (χ1v) is 3.01. The number of carbonyl (C=O) groups is 1. The van der Waals surface area contributed by atoms with Gasteiger partial charge >= 0.3 is 5.97 Å². The van der Waals surface area contributed by atoms with E-state index in [1.165, 1.54) is 19.2 Å². The van der Waals surface area contributed by atoms with Crippen LogP contribution < -0.4 is 0 Å². The highest BCUT2D eigenvalue weighted by Gasteiger charge is 2.00. The first-order chi connectivity index (χ1) is 5.22. The van der Waals surface area contributed by atoms with Crippen molar-refractivity contribution in [3.8, 4) is 11.8 Å². The van der Waals surface area contributed by atoms with Crippen molar-refractivity contribution < 1.29 is 9.90 Å². The Hall–Kier alpha value is -1.56. The molecule has 0 atom stereocenters. The number of hydrogen-bond acceptors (Lipinski definition) is 2. The maximum atomic E-state index is 10.3. The fourth-order valence-corrected chi connectivity index (χ4v) is 0.445. The minimum Gasteiger partial charge on any atom is -0.477 e. The Morgan fingerprint density at radius 3 is 2.64 bits per heavy atom. The van der Waals surface area contributed by atoms with Gasteiger partial charge in [-0.2, -0.15) is 0 Å². The molecule has 0 amide bonds. The van der Waals surface area contributed by atoms with Crippen molar-refractivity contribution in [2.24, 2.45) is 4.99 Å². The van der Waals surface area contributed by atoms with Crippen LogP contribution in [0.3, 0.4) is 0 Å². The fourth-order valence-electron chi connectivity index (χ4n) is 0.445. The minimum absolute atomic E-state index is 0.00718. The lowest BCUT2D eigenvalue weighted by atomic mass is 10.3. The molecule has 3 nitrogen and oxygen atoms in total. The number of nitrogens with zero attached hydrogens (tertiary/aromatic N) is 1. The molecule has 11 heavy (non-hydrogen) atoms. The Morgan fingerprint density at radius 2 is 2.27 bits per heavy atom. The number of allylic oxidation sites excluding steroid dienone is 1. The van der Waals surface area contributed by atoms with Gasteiger partial charge in [0.15, 0.2) is 0 Å². The molecular weight excluding hydrogens is 142 g/mol.